The van der Waals surface area contributed by atoms with E-state index in [-0.39, 0.29) is 23.3 Å². The second-order valence-corrected chi connectivity index (χ2v) is 11.1. The third kappa shape index (κ3) is 5.38. The van der Waals surface area contributed by atoms with Crippen LogP contribution in [0.15, 0.2) is 70.9 Å². The van der Waals surface area contributed by atoms with Gasteiger partial charge in [0.25, 0.3) is 0 Å². The van der Waals surface area contributed by atoms with E-state index in [2.05, 4.69) is 10.0 Å². The number of nitrogens with zero attached hydrogens (tertiary/aromatic N) is 1. The summed E-state index contributed by atoms with van der Waals surface area (Å²) in [6, 6.07) is 16.9. The Morgan fingerprint density at radius 3 is 2.56 bits per heavy atom. The zero-order chi connectivity index (χ0) is 24.3. The summed E-state index contributed by atoms with van der Waals surface area (Å²) in [7, 11) is -3.99. The number of amides is 2. The largest absolute Gasteiger partial charge is 0.350 e. The van der Waals surface area contributed by atoms with Crippen LogP contribution in [0.4, 0.5) is 5.69 Å². The third-order valence-corrected chi connectivity index (χ3v) is 8.18. The van der Waals surface area contributed by atoms with E-state index < -0.39 is 22.0 Å². The normalized spacial score (nSPS) is 16.2. The molecule has 9 heteroatoms. The van der Waals surface area contributed by atoms with Gasteiger partial charge >= 0.3 is 0 Å². The fourth-order valence-electron chi connectivity index (χ4n) is 4.26. The number of nitrogens with one attached hydrogen (secondary N) is 2. The van der Waals surface area contributed by atoms with Gasteiger partial charge in [-0.3, -0.25) is 9.59 Å². The molecule has 1 aliphatic rings. The van der Waals surface area contributed by atoms with E-state index in [1.165, 1.54) is 24.3 Å². The molecule has 4 rings (SSSR count). The van der Waals surface area contributed by atoms with Crippen molar-refractivity contribution >= 4 is 38.9 Å². The van der Waals surface area contributed by atoms with Gasteiger partial charge < -0.3 is 10.2 Å². The van der Waals surface area contributed by atoms with Crippen LogP contribution in [-0.4, -0.2) is 32.3 Å². The monoisotopic (exact) mass is 497 g/mol. The topological polar surface area (TPSA) is 95.6 Å². The van der Waals surface area contributed by atoms with Crippen molar-refractivity contribution in [2.45, 2.75) is 50.2 Å². The molecule has 2 amide bonds. The Hall–Kier alpha value is -3.01. The molecule has 0 bridgehead atoms. The smallest absolute Gasteiger partial charge is 0.241 e. The van der Waals surface area contributed by atoms with E-state index in [0.29, 0.717) is 13.0 Å². The quantitative estimate of drug-likeness (QED) is 0.499. The lowest BCUT2D eigenvalue weighted by Crippen LogP contribution is -2.47. The number of carbonyl (C=O) groups excluding carboxylic acids is 2. The van der Waals surface area contributed by atoms with Crippen LogP contribution in [0.2, 0.25) is 0 Å². The number of thiophene rings is 1. The first-order chi connectivity index (χ1) is 16.2. The molecular weight excluding hydrogens is 470 g/mol. The molecule has 2 N–H and O–H groups in total. The van der Waals surface area contributed by atoms with Crippen molar-refractivity contribution in [2.24, 2.45) is 0 Å². The Labute approximate surface area is 203 Å². The van der Waals surface area contributed by atoms with Crippen LogP contribution in [0.25, 0.3) is 0 Å². The third-order valence-electron chi connectivity index (χ3n) is 5.83. The minimum atomic E-state index is -3.99. The lowest BCUT2D eigenvalue weighted by atomic mass is 10.1. The van der Waals surface area contributed by atoms with E-state index in [0.717, 1.165) is 21.7 Å². The van der Waals surface area contributed by atoms with E-state index in [4.69, 9.17) is 0 Å². The van der Waals surface area contributed by atoms with Crippen molar-refractivity contribution in [1.29, 1.82) is 0 Å². The molecule has 0 radical (unpaired) electrons. The standard InChI is InChI=1S/C25H27N3O4S2/c1-17-13-20-15-22(10-11-24(20)28(17)18(2)29)34(31,32)27-23(14-19-7-4-3-5-8-19)25(30)26-16-21-9-6-12-33-21/h3-12,15,17,23,27H,13-14,16H2,1-2H3,(H,26,30)/t17-,23-/m1/s1. The van der Waals surface area contributed by atoms with Gasteiger partial charge in [0, 0.05) is 23.5 Å². The number of carbonyl (C=O) groups is 2. The zero-order valence-electron chi connectivity index (χ0n) is 19.0. The first-order valence-electron chi connectivity index (χ1n) is 11.0. The van der Waals surface area contributed by atoms with Gasteiger partial charge in [-0.15, -0.1) is 11.3 Å². The Morgan fingerprint density at radius 1 is 1.12 bits per heavy atom. The van der Waals surface area contributed by atoms with Gasteiger partial charge in [0.2, 0.25) is 21.8 Å². The van der Waals surface area contributed by atoms with Crippen LogP contribution in [0.3, 0.4) is 0 Å². The highest BCUT2D eigenvalue weighted by Crippen LogP contribution is 2.34. The van der Waals surface area contributed by atoms with Gasteiger partial charge in [-0.05, 0) is 60.5 Å². The summed E-state index contributed by atoms with van der Waals surface area (Å²) in [5, 5.41) is 4.77. The molecule has 0 saturated heterocycles. The Kier molecular flexibility index (Phi) is 7.16. The average molecular weight is 498 g/mol. The molecule has 178 valence electrons. The van der Waals surface area contributed by atoms with Gasteiger partial charge in [0.05, 0.1) is 11.4 Å². The molecule has 1 aliphatic heterocycles. The first kappa shape index (κ1) is 24.1. The van der Waals surface area contributed by atoms with Crippen molar-refractivity contribution in [1.82, 2.24) is 10.0 Å². The number of benzene rings is 2. The summed E-state index contributed by atoms with van der Waals surface area (Å²) in [5.74, 6) is -0.469. The molecule has 0 fully saturated rings. The minimum Gasteiger partial charge on any atom is -0.350 e. The number of fused-ring (bicyclic) bond motifs is 1. The molecule has 2 aromatic carbocycles. The first-order valence-corrected chi connectivity index (χ1v) is 13.4. The molecule has 7 nitrogen and oxygen atoms in total. The zero-order valence-corrected chi connectivity index (χ0v) is 20.7. The molecule has 1 aromatic heterocycles. The van der Waals surface area contributed by atoms with Crippen molar-refractivity contribution < 1.29 is 18.0 Å². The maximum absolute atomic E-state index is 13.3. The molecule has 0 spiro atoms. The molecule has 0 unspecified atom stereocenters. The summed E-state index contributed by atoms with van der Waals surface area (Å²) in [4.78, 5) is 27.8. The molecule has 34 heavy (non-hydrogen) atoms. The van der Waals surface area contributed by atoms with E-state index >= 15 is 0 Å². The lowest BCUT2D eigenvalue weighted by Gasteiger charge is -2.21. The van der Waals surface area contributed by atoms with Crippen LogP contribution < -0.4 is 14.9 Å². The van der Waals surface area contributed by atoms with Gasteiger partial charge in [-0.25, -0.2) is 8.42 Å². The van der Waals surface area contributed by atoms with Crippen LogP contribution >= 0.6 is 11.3 Å². The Morgan fingerprint density at radius 2 is 1.88 bits per heavy atom. The summed E-state index contributed by atoms with van der Waals surface area (Å²) < 4.78 is 29.2. The molecular formula is C25H27N3O4S2. The number of sulfonamides is 1. The molecule has 0 saturated carbocycles. The van der Waals surface area contributed by atoms with Crippen molar-refractivity contribution in [2.75, 3.05) is 4.90 Å². The molecule has 2 atom stereocenters. The maximum atomic E-state index is 13.3. The van der Waals surface area contributed by atoms with E-state index in [1.807, 2.05) is 54.8 Å². The molecule has 0 aliphatic carbocycles. The average Bonchev–Trinajstić information content (AvgIpc) is 3.43. The van der Waals surface area contributed by atoms with Crippen molar-refractivity contribution in [3.05, 3.63) is 82.0 Å². The van der Waals surface area contributed by atoms with Crippen molar-refractivity contribution in [3.63, 3.8) is 0 Å². The highest BCUT2D eigenvalue weighted by atomic mass is 32.2. The molecule has 2 heterocycles. The van der Waals surface area contributed by atoms with Gasteiger partial charge in [-0.2, -0.15) is 4.72 Å². The predicted molar refractivity (Wildman–Crippen MR) is 133 cm³/mol. The maximum Gasteiger partial charge on any atom is 0.241 e. The summed E-state index contributed by atoms with van der Waals surface area (Å²) in [6.07, 6.45) is 0.795. The number of rotatable bonds is 8. The van der Waals surface area contributed by atoms with Crippen LogP contribution in [0.5, 0.6) is 0 Å². The predicted octanol–water partition coefficient (Wildman–Crippen LogP) is 3.25. The highest BCUT2D eigenvalue weighted by molar-refractivity contribution is 7.89. The SMILES string of the molecule is CC(=O)N1c2ccc(S(=O)(=O)N[C@H](Cc3ccccc3)C(=O)NCc3cccs3)cc2C[C@H]1C. The van der Waals surface area contributed by atoms with E-state index in [9.17, 15) is 18.0 Å². The fourth-order valence-corrected chi connectivity index (χ4v) is 6.15. The number of hydrogen-bond acceptors (Lipinski definition) is 5. The minimum absolute atomic E-state index is 0.0349. The summed E-state index contributed by atoms with van der Waals surface area (Å²) in [5.41, 5.74) is 2.38. The molecule has 3 aromatic rings. The fraction of sp³-hybridized carbons (Fsp3) is 0.280. The van der Waals surface area contributed by atoms with Gasteiger partial charge in [-0.1, -0.05) is 36.4 Å². The summed E-state index contributed by atoms with van der Waals surface area (Å²) in [6.45, 7) is 3.77. The van der Waals surface area contributed by atoms with E-state index in [1.54, 1.807) is 17.0 Å². The number of anilines is 1. The van der Waals surface area contributed by atoms with Gasteiger partial charge in [0.15, 0.2) is 0 Å². The second-order valence-electron chi connectivity index (χ2n) is 8.39. The van der Waals surface area contributed by atoms with Crippen molar-refractivity contribution in [3.8, 4) is 0 Å². The lowest BCUT2D eigenvalue weighted by molar-refractivity contribution is -0.122. The van der Waals surface area contributed by atoms with Gasteiger partial charge in [0.1, 0.15) is 6.04 Å². The number of hydrogen-bond donors (Lipinski definition) is 2. The second kappa shape index (κ2) is 10.1. The summed E-state index contributed by atoms with van der Waals surface area (Å²) >= 11 is 1.52. The Bertz CT molecular complexity index is 1270. The van der Waals surface area contributed by atoms with Crippen LogP contribution in [-0.2, 0) is 39.0 Å². The highest BCUT2D eigenvalue weighted by Gasteiger charge is 2.31. The Balaban J connectivity index is 1.56. The van der Waals surface area contributed by atoms with Crippen LogP contribution in [0.1, 0.15) is 29.9 Å². The van der Waals surface area contributed by atoms with Crippen LogP contribution in [0, 0.1) is 0 Å².